The van der Waals surface area contributed by atoms with Crippen LogP contribution in [0.2, 0.25) is 0 Å². The van der Waals surface area contributed by atoms with Crippen LogP contribution in [0.1, 0.15) is 10.4 Å². The largest absolute Gasteiger partial charge is 0.411 e. The van der Waals surface area contributed by atoms with E-state index in [0.29, 0.717) is 26.9 Å². The Hall–Kier alpha value is -3.43. The molecule has 9 nitrogen and oxygen atoms in total. The number of nitrogens with zero attached hydrogens (tertiary/aromatic N) is 5. The van der Waals surface area contributed by atoms with Gasteiger partial charge >= 0.3 is 5.84 Å². The number of rotatable bonds is 4. The molecule has 2 aromatic carbocycles. The maximum atomic E-state index is 13.8. The van der Waals surface area contributed by atoms with Crippen LogP contribution < -0.4 is 15.9 Å². The van der Waals surface area contributed by atoms with Gasteiger partial charge < -0.3 is 5.21 Å². The first-order valence-corrected chi connectivity index (χ1v) is 8.53. The molecule has 2 heterocycles. The van der Waals surface area contributed by atoms with E-state index >= 15 is 0 Å². The fourth-order valence-electron chi connectivity index (χ4n) is 2.71. The highest BCUT2D eigenvalue weighted by Gasteiger charge is 2.26. The lowest BCUT2D eigenvalue weighted by molar-refractivity contribution is -0.0873. The highest BCUT2D eigenvalue weighted by molar-refractivity contribution is 9.10. The van der Waals surface area contributed by atoms with Crippen LogP contribution >= 0.6 is 15.9 Å². The molecule has 1 aliphatic heterocycles. The van der Waals surface area contributed by atoms with E-state index in [9.17, 15) is 14.4 Å². The van der Waals surface area contributed by atoms with Crippen LogP contribution in [0.15, 0.2) is 52.3 Å². The minimum absolute atomic E-state index is 0.0717. The first kappa shape index (κ1) is 17.0. The Balaban J connectivity index is 1.77. The summed E-state index contributed by atoms with van der Waals surface area (Å²) in [6.45, 7) is 0.0717. The molecule has 3 N–H and O–H groups in total. The molecule has 0 spiro atoms. The van der Waals surface area contributed by atoms with E-state index in [2.05, 4.69) is 42.0 Å². The molecule has 0 saturated carbocycles. The highest BCUT2D eigenvalue weighted by Crippen LogP contribution is 2.24. The molecule has 0 fully saturated rings. The summed E-state index contributed by atoms with van der Waals surface area (Å²) in [5.41, 5.74) is 6.39. The smallest absolute Gasteiger partial charge is 0.368 e. The van der Waals surface area contributed by atoms with Gasteiger partial charge in [-0.25, -0.2) is 4.39 Å². The molecule has 0 bridgehead atoms. The summed E-state index contributed by atoms with van der Waals surface area (Å²) in [5.74, 6) is -0.545. The average Bonchev–Trinajstić information content (AvgIpc) is 3.28. The minimum atomic E-state index is -0.530. The standard InChI is InChI=1S/C16H11BrFN7O2/c17-11-3-9(4-12(18)6-11)16(26)24(8-15-20-22-23-21-15)13-1-2-14-10(5-13)7-19-25(14)27/h1-7,27H,8H2,(H,20,21,22,23)/p+1. The Bertz CT molecular complexity index is 1100. The SMILES string of the molecule is O=C(c1cc(F)cc(Br)c1)N(CC1=[N+]=NNN1)c1ccc2c(cnn2O)c1. The van der Waals surface area contributed by atoms with Crippen molar-refractivity contribution in [2.75, 3.05) is 11.4 Å². The van der Waals surface area contributed by atoms with Crippen molar-refractivity contribution in [2.24, 2.45) is 5.22 Å². The number of halogens is 2. The molecule has 136 valence electrons. The number of fused-ring (bicyclic) bond motifs is 1. The van der Waals surface area contributed by atoms with Gasteiger partial charge in [0.15, 0.2) is 5.22 Å². The van der Waals surface area contributed by atoms with Gasteiger partial charge in [-0.2, -0.15) is 0 Å². The van der Waals surface area contributed by atoms with Crippen LogP contribution in [0.25, 0.3) is 10.9 Å². The van der Waals surface area contributed by atoms with Crippen LogP contribution in [-0.2, 0) is 0 Å². The van der Waals surface area contributed by atoms with Crippen LogP contribution in [0, 0.1) is 5.82 Å². The molecule has 1 aromatic heterocycles. The number of aromatic nitrogens is 2. The summed E-state index contributed by atoms with van der Waals surface area (Å²) >= 11 is 3.20. The topological polar surface area (TPSA) is 109 Å². The van der Waals surface area contributed by atoms with Crippen molar-refractivity contribution in [1.29, 1.82) is 0 Å². The number of amides is 1. The van der Waals surface area contributed by atoms with Crippen molar-refractivity contribution in [3.8, 4) is 0 Å². The molecule has 0 unspecified atom stereocenters. The van der Waals surface area contributed by atoms with Crippen LogP contribution in [0.4, 0.5) is 10.1 Å². The number of nitrogens with one attached hydrogen (secondary N) is 2. The second kappa shape index (κ2) is 6.71. The van der Waals surface area contributed by atoms with Gasteiger partial charge in [-0.15, -0.1) is 20.2 Å². The van der Waals surface area contributed by atoms with Gasteiger partial charge in [0.1, 0.15) is 17.9 Å². The number of amidine groups is 1. The van der Waals surface area contributed by atoms with Gasteiger partial charge in [0.25, 0.3) is 5.91 Å². The number of carbonyl (C=O) groups is 1. The average molecular weight is 433 g/mol. The zero-order chi connectivity index (χ0) is 19.0. The maximum Gasteiger partial charge on any atom is 0.368 e. The van der Waals surface area contributed by atoms with Gasteiger partial charge in [0.2, 0.25) is 0 Å². The van der Waals surface area contributed by atoms with Crippen molar-refractivity contribution in [3.05, 3.63) is 58.4 Å². The lowest BCUT2D eigenvalue weighted by Crippen LogP contribution is -2.42. The predicted octanol–water partition coefficient (Wildman–Crippen LogP) is 1.90. The molecular formula is C16H12BrFN7O2+. The quantitative estimate of drug-likeness (QED) is 0.430. The fourth-order valence-corrected chi connectivity index (χ4v) is 3.17. The lowest BCUT2D eigenvalue weighted by atomic mass is 10.1. The number of benzene rings is 2. The minimum Gasteiger partial charge on any atom is -0.411 e. The third kappa shape index (κ3) is 3.33. The molecule has 1 aliphatic rings. The van der Waals surface area contributed by atoms with E-state index in [4.69, 9.17) is 0 Å². The number of anilines is 1. The molecule has 1 amide bonds. The van der Waals surface area contributed by atoms with E-state index in [1.165, 1.54) is 23.2 Å². The van der Waals surface area contributed by atoms with Gasteiger partial charge in [-0.3, -0.25) is 9.69 Å². The molecule has 11 heteroatoms. The normalized spacial score (nSPS) is 12.6. The molecule has 0 atom stereocenters. The number of carbonyl (C=O) groups excluding carboxylic acids is 1. The third-order valence-electron chi connectivity index (χ3n) is 3.93. The molecular weight excluding hydrogens is 421 g/mol. The zero-order valence-electron chi connectivity index (χ0n) is 13.6. The van der Waals surface area contributed by atoms with E-state index in [1.807, 2.05) is 0 Å². The fraction of sp³-hybridized carbons (Fsp3) is 0.0625. The summed E-state index contributed by atoms with van der Waals surface area (Å²) in [4.78, 5) is 19.1. The van der Waals surface area contributed by atoms with Gasteiger partial charge in [-0.05, 0) is 36.4 Å². The second-order valence-electron chi connectivity index (χ2n) is 5.71. The third-order valence-corrected chi connectivity index (χ3v) is 4.39. The van der Waals surface area contributed by atoms with Crippen LogP contribution in [0.5, 0.6) is 0 Å². The molecule has 0 saturated heterocycles. The molecule has 0 radical (unpaired) electrons. The first-order chi connectivity index (χ1) is 13.0. The summed E-state index contributed by atoms with van der Waals surface area (Å²) in [6.07, 6.45) is 1.47. The molecule has 27 heavy (non-hydrogen) atoms. The second-order valence-corrected chi connectivity index (χ2v) is 6.63. The Kier molecular flexibility index (Phi) is 4.22. The summed E-state index contributed by atoms with van der Waals surface area (Å²) in [6, 6.07) is 8.96. The summed E-state index contributed by atoms with van der Waals surface area (Å²) in [7, 11) is 0. The van der Waals surface area contributed by atoms with Crippen molar-refractivity contribution in [2.45, 2.75) is 0 Å². The Morgan fingerprint density at radius 2 is 2.19 bits per heavy atom. The van der Waals surface area contributed by atoms with Crippen molar-refractivity contribution >= 4 is 44.3 Å². The number of hydrogen-bond acceptors (Lipinski definition) is 6. The van der Waals surface area contributed by atoms with E-state index < -0.39 is 11.7 Å². The molecule has 4 rings (SSSR count). The summed E-state index contributed by atoms with van der Waals surface area (Å²) in [5, 5.41) is 17.7. The predicted molar refractivity (Wildman–Crippen MR) is 96.7 cm³/mol. The van der Waals surface area contributed by atoms with E-state index in [0.717, 1.165) is 10.9 Å². The Morgan fingerprint density at radius 3 is 2.93 bits per heavy atom. The van der Waals surface area contributed by atoms with Crippen molar-refractivity contribution in [3.63, 3.8) is 0 Å². The van der Waals surface area contributed by atoms with Gasteiger partial charge in [0, 0.05) is 21.1 Å². The Morgan fingerprint density at radius 1 is 1.33 bits per heavy atom. The first-order valence-electron chi connectivity index (χ1n) is 7.74. The molecule has 0 aliphatic carbocycles. The monoisotopic (exact) mass is 432 g/mol. The van der Waals surface area contributed by atoms with Gasteiger partial charge in [0.05, 0.1) is 6.20 Å². The highest BCUT2D eigenvalue weighted by atomic mass is 79.9. The number of hydrazine groups is 1. The summed E-state index contributed by atoms with van der Waals surface area (Å²) < 4.78 is 14.2. The zero-order valence-corrected chi connectivity index (χ0v) is 15.2. The Labute approximate surface area is 159 Å². The van der Waals surface area contributed by atoms with E-state index in [1.54, 1.807) is 18.2 Å². The van der Waals surface area contributed by atoms with Gasteiger partial charge in [-0.1, -0.05) is 21.5 Å². The van der Waals surface area contributed by atoms with Crippen molar-refractivity contribution in [1.82, 2.24) is 20.9 Å². The van der Waals surface area contributed by atoms with Crippen LogP contribution in [-0.4, -0.2) is 38.2 Å². The number of hydrogen-bond donors (Lipinski definition) is 3. The maximum absolute atomic E-state index is 13.8. The van der Waals surface area contributed by atoms with E-state index in [-0.39, 0.29) is 12.1 Å². The van der Waals surface area contributed by atoms with Crippen LogP contribution in [0.3, 0.4) is 0 Å². The lowest BCUT2D eigenvalue weighted by Gasteiger charge is -2.21. The molecule has 3 aromatic rings. The van der Waals surface area contributed by atoms with Crippen molar-refractivity contribution < 1.29 is 19.2 Å².